The van der Waals surface area contributed by atoms with Crippen LogP contribution >= 0.6 is 23.2 Å². The predicted octanol–water partition coefficient (Wildman–Crippen LogP) is 5.28. The number of fused-ring (bicyclic) bond motifs is 1. The van der Waals surface area contributed by atoms with Crippen molar-refractivity contribution in [3.05, 3.63) is 99.7 Å². The van der Waals surface area contributed by atoms with E-state index in [1.165, 1.54) is 17.7 Å². The lowest BCUT2D eigenvalue weighted by molar-refractivity contribution is -0.130. The number of amides is 1. The summed E-state index contributed by atoms with van der Waals surface area (Å²) in [5.74, 6) is -0.293. The molecule has 0 aromatic heterocycles. The lowest BCUT2D eigenvalue weighted by atomic mass is 9.93. The zero-order chi connectivity index (χ0) is 23.4. The first kappa shape index (κ1) is 23.8. The molecule has 1 aliphatic carbocycles. The fourth-order valence-corrected chi connectivity index (χ4v) is 6.41. The Morgan fingerprint density at radius 2 is 1.76 bits per heavy atom. The van der Waals surface area contributed by atoms with Crippen molar-refractivity contribution in [1.82, 2.24) is 9.62 Å². The highest BCUT2D eigenvalue weighted by atomic mass is 35.5. The van der Waals surface area contributed by atoms with E-state index in [0.29, 0.717) is 19.4 Å². The van der Waals surface area contributed by atoms with Crippen molar-refractivity contribution >= 4 is 39.1 Å². The van der Waals surface area contributed by atoms with Gasteiger partial charge in [0, 0.05) is 12.7 Å². The van der Waals surface area contributed by atoms with E-state index in [9.17, 15) is 13.2 Å². The summed E-state index contributed by atoms with van der Waals surface area (Å²) in [6.45, 7) is 0.498. The van der Waals surface area contributed by atoms with Crippen LogP contribution in [-0.2, 0) is 21.2 Å². The Balaban J connectivity index is 1.61. The highest BCUT2D eigenvalue weighted by molar-refractivity contribution is 7.89. The van der Waals surface area contributed by atoms with Crippen LogP contribution in [0.5, 0.6) is 0 Å². The SMILES string of the molecule is O=C([C@@H](CCc1ccccc1)NS(=O)(=O)c1c(Cl)cccc1Cl)N1C=C2CC=CC=C2CC1. The molecule has 2 aliphatic rings. The molecule has 0 bridgehead atoms. The first-order valence-corrected chi connectivity index (χ1v) is 13.0. The normalized spacial score (nSPS) is 16.6. The second kappa shape index (κ2) is 10.3. The maximum Gasteiger partial charge on any atom is 0.244 e. The number of sulfonamides is 1. The topological polar surface area (TPSA) is 66.5 Å². The van der Waals surface area contributed by atoms with Crippen molar-refractivity contribution in [3.8, 4) is 0 Å². The number of nitrogens with zero attached hydrogens (tertiary/aromatic N) is 1. The van der Waals surface area contributed by atoms with Crippen molar-refractivity contribution in [2.75, 3.05) is 6.54 Å². The van der Waals surface area contributed by atoms with Crippen LogP contribution in [0.3, 0.4) is 0 Å². The van der Waals surface area contributed by atoms with E-state index in [1.807, 2.05) is 48.7 Å². The molecule has 172 valence electrons. The monoisotopic (exact) mass is 502 g/mol. The number of rotatable bonds is 7. The number of halogens is 2. The van der Waals surface area contributed by atoms with Crippen molar-refractivity contribution < 1.29 is 13.2 Å². The van der Waals surface area contributed by atoms with E-state index in [1.54, 1.807) is 11.0 Å². The number of carbonyl (C=O) groups excluding carboxylic acids is 1. The molecule has 1 aliphatic heterocycles. The fourth-order valence-electron chi connectivity index (χ4n) is 4.04. The molecule has 1 amide bonds. The molecule has 0 spiro atoms. The first-order chi connectivity index (χ1) is 15.8. The lowest BCUT2D eigenvalue weighted by Gasteiger charge is -2.31. The molecule has 33 heavy (non-hydrogen) atoms. The van der Waals surface area contributed by atoms with Gasteiger partial charge in [0.05, 0.1) is 10.0 Å². The molecule has 1 atom stereocenters. The average Bonchev–Trinajstić information content (AvgIpc) is 2.81. The van der Waals surface area contributed by atoms with Gasteiger partial charge in [-0.1, -0.05) is 77.8 Å². The molecule has 0 saturated carbocycles. The molecule has 1 N–H and O–H groups in total. The van der Waals surface area contributed by atoms with Crippen molar-refractivity contribution in [2.45, 2.75) is 36.6 Å². The predicted molar refractivity (Wildman–Crippen MR) is 132 cm³/mol. The molecular formula is C25H24Cl2N2O3S. The fraction of sp³-hybridized carbons (Fsp3) is 0.240. The number of benzene rings is 2. The van der Waals surface area contributed by atoms with Crippen LogP contribution in [0.1, 0.15) is 24.8 Å². The Labute approximate surface area is 204 Å². The molecule has 2 aromatic rings. The average molecular weight is 503 g/mol. The Kier molecular flexibility index (Phi) is 7.39. The maximum atomic E-state index is 13.5. The number of nitrogens with one attached hydrogen (secondary N) is 1. The lowest BCUT2D eigenvalue weighted by Crippen LogP contribution is -2.48. The molecule has 0 saturated heterocycles. The molecule has 0 unspecified atom stereocenters. The van der Waals surface area contributed by atoms with E-state index in [4.69, 9.17) is 23.2 Å². The van der Waals surface area contributed by atoms with Gasteiger partial charge in [0.2, 0.25) is 15.9 Å². The van der Waals surface area contributed by atoms with Gasteiger partial charge in [-0.15, -0.1) is 0 Å². The third kappa shape index (κ3) is 5.58. The van der Waals surface area contributed by atoms with Gasteiger partial charge in [0.25, 0.3) is 0 Å². The van der Waals surface area contributed by atoms with Crippen LogP contribution in [0.15, 0.2) is 89.0 Å². The molecule has 0 fully saturated rings. The molecule has 1 heterocycles. The summed E-state index contributed by atoms with van der Waals surface area (Å²) in [6.07, 6.45) is 10.3. The minimum atomic E-state index is -4.14. The third-order valence-electron chi connectivity index (χ3n) is 5.75. The third-order valence-corrected chi connectivity index (χ3v) is 8.17. The van der Waals surface area contributed by atoms with E-state index in [-0.39, 0.29) is 20.8 Å². The van der Waals surface area contributed by atoms with E-state index in [2.05, 4.69) is 10.8 Å². The molecule has 0 radical (unpaired) electrons. The van der Waals surface area contributed by atoms with Crippen molar-refractivity contribution in [2.24, 2.45) is 0 Å². The zero-order valence-corrected chi connectivity index (χ0v) is 20.2. The molecule has 4 rings (SSSR count). The number of hydrogen-bond donors (Lipinski definition) is 1. The van der Waals surface area contributed by atoms with Gasteiger partial charge in [0.15, 0.2) is 0 Å². The van der Waals surface area contributed by atoms with E-state index >= 15 is 0 Å². The van der Waals surface area contributed by atoms with Crippen LogP contribution in [0.2, 0.25) is 10.0 Å². The number of carbonyl (C=O) groups is 1. The Bertz CT molecular complexity index is 1220. The Morgan fingerprint density at radius 3 is 2.48 bits per heavy atom. The van der Waals surface area contributed by atoms with Crippen molar-refractivity contribution in [1.29, 1.82) is 0 Å². The van der Waals surface area contributed by atoms with E-state index in [0.717, 1.165) is 24.0 Å². The summed E-state index contributed by atoms with van der Waals surface area (Å²) in [4.78, 5) is 14.9. The molecular weight excluding hydrogens is 479 g/mol. The van der Waals surface area contributed by atoms with E-state index < -0.39 is 16.1 Å². The summed E-state index contributed by atoms with van der Waals surface area (Å²) in [5, 5.41) is 0.0150. The number of hydrogen-bond acceptors (Lipinski definition) is 3. The van der Waals surface area contributed by atoms with Gasteiger partial charge in [-0.25, -0.2) is 8.42 Å². The second-order valence-electron chi connectivity index (χ2n) is 8.01. The summed E-state index contributed by atoms with van der Waals surface area (Å²) < 4.78 is 29.0. The first-order valence-electron chi connectivity index (χ1n) is 10.7. The Hall–Kier alpha value is -2.38. The van der Waals surface area contributed by atoms with Gasteiger partial charge in [0.1, 0.15) is 10.9 Å². The maximum absolute atomic E-state index is 13.5. The van der Waals surface area contributed by atoms with Gasteiger partial charge < -0.3 is 4.90 Å². The van der Waals surface area contributed by atoms with Crippen LogP contribution in [0.4, 0.5) is 0 Å². The summed E-state index contributed by atoms with van der Waals surface area (Å²) >= 11 is 12.3. The van der Waals surface area contributed by atoms with Crippen LogP contribution in [0, 0.1) is 0 Å². The summed E-state index contributed by atoms with van der Waals surface area (Å²) in [6, 6.07) is 13.2. The highest BCUT2D eigenvalue weighted by Crippen LogP contribution is 2.30. The van der Waals surface area contributed by atoms with Gasteiger partial charge in [-0.2, -0.15) is 4.72 Å². The Morgan fingerprint density at radius 1 is 1.03 bits per heavy atom. The minimum absolute atomic E-state index is 0.00752. The summed E-state index contributed by atoms with van der Waals surface area (Å²) in [7, 11) is -4.14. The quantitative estimate of drug-likeness (QED) is 0.560. The zero-order valence-electron chi connectivity index (χ0n) is 17.9. The largest absolute Gasteiger partial charge is 0.317 e. The molecule has 5 nitrogen and oxygen atoms in total. The molecule has 2 aromatic carbocycles. The minimum Gasteiger partial charge on any atom is -0.317 e. The van der Waals surface area contributed by atoms with Gasteiger partial charge in [-0.05, 0) is 54.5 Å². The second-order valence-corrected chi connectivity index (χ2v) is 10.5. The number of aryl methyl sites for hydroxylation is 1. The van der Waals surface area contributed by atoms with Crippen LogP contribution < -0.4 is 4.72 Å². The molecule has 8 heteroatoms. The van der Waals surface area contributed by atoms with Crippen LogP contribution in [-0.4, -0.2) is 31.8 Å². The van der Waals surface area contributed by atoms with Crippen molar-refractivity contribution in [3.63, 3.8) is 0 Å². The summed E-state index contributed by atoms with van der Waals surface area (Å²) in [5.41, 5.74) is 3.31. The number of allylic oxidation sites excluding steroid dienone is 4. The smallest absolute Gasteiger partial charge is 0.244 e. The van der Waals surface area contributed by atoms with Gasteiger partial charge >= 0.3 is 0 Å². The standard InChI is InChI=1S/C25H24Cl2N2O3S/c26-21-11-6-12-22(27)24(21)33(31,32)28-23(14-13-18-7-2-1-3-8-18)25(30)29-16-15-19-9-4-5-10-20(19)17-29/h1-9,11-12,17,23,28H,10,13-16H2/t23-/m1/s1. The highest BCUT2D eigenvalue weighted by Gasteiger charge is 2.32. The van der Waals surface area contributed by atoms with Gasteiger partial charge in [-0.3, -0.25) is 4.79 Å². The van der Waals surface area contributed by atoms with Crippen LogP contribution in [0.25, 0.3) is 0 Å².